The molecule has 0 bridgehead atoms. The van der Waals surface area contributed by atoms with Crippen molar-refractivity contribution in [1.29, 1.82) is 0 Å². The SMILES string of the molecule is NS/C(C(=O)NC(Cc1ccccc1)C(=O)C(N)=O)=C(\N)c1ccccc1. The lowest BCUT2D eigenvalue weighted by molar-refractivity contribution is -0.138. The van der Waals surface area contributed by atoms with Crippen LogP contribution in [-0.4, -0.2) is 23.6 Å². The van der Waals surface area contributed by atoms with Crippen LogP contribution in [0.4, 0.5) is 0 Å². The van der Waals surface area contributed by atoms with E-state index >= 15 is 0 Å². The molecule has 1 unspecified atom stereocenters. The first-order valence-electron chi connectivity index (χ1n) is 8.04. The minimum Gasteiger partial charge on any atom is -0.397 e. The van der Waals surface area contributed by atoms with Crippen molar-refractivity contribution in [3.8, 4) is 0 Å². The fourth-order valence-electron chi connectivity index (χ4n) is 2.44. The Morgan fingerprint density at radius 3 is 2.00 bits per heavy atom. The Morgan fingerprint density at radius 1 is 0.926 bits per heavy atom. The Morgan fingerprint density at radius 2 is 1.48 bits per heavy atom. The molecule has 2 aromatic rings. The van der Waals surface area contributed by atoms with Crippen molar-refractivity contribution < 1.29 is 14.4 Å². The highest BCUT2D eigenvalue weighted by atomic mass is 32.2. The third kappa shape index (κ3) is 5.44. The van der Waals surface area contributed by atoms with E-state index in [1.54, 1.807) is 48.5 Å². The fraction of sp³-hybridized carbons (Fsp3) is 0.105. The number of nitrogens with one attached hydrogen (secondary N) is 1. The highest BCUT2D eigenvalue weighted by molar-refractivity contribution is 8.02. The second kappa shape index (κ2) is 9.56. The van der Waals surface area contributed by atoms with Crippen molar-refractivity contribution in [2.75, 3.05) is 0 Å². The van der Waals surface area contributed by atoms with Gasteiger partial charge >= 0.3 is 0 Å². The van der Waals surface area contributed by atoms with Gasteiger partial charge in [-0.25, -0.2) is 0 Å². The van der Waals surface area contributed by atoms with Crippen LogP contribution in [-0.2, 0) is 20.8 Å². The van der Waals surface area contributed by atoms with Crippen LogP contribution in [0.5, 0.6) is 0 Å². The van der Waals surface area contributed by atoms with Gasteiger partial charge in [0.2, 0.25) is 5.78 Å². The van der Waals surface area contributed by atoms with E-state index in [-0.39, 0.29) is 17.0 Å². The summed E-state index contributed by atoms with van der Waals surface area (Å²) in [6, 6.07) is 16.6. The first-order valence-corrected chi connectivity index (χ1v) is 8.92. The monoisotopic (exact) mass is 384 g/mol. The summed E-state index contributed by atoms with van der Waals surface area (Å²) in [6.07, 6.45) is 0.113. The van der Waals surface area contributed by atoms with Crippen molar-refractivity contribution in [3.63, 3.8) is 0 Å². The molecule has 8 heteroatoms. The first-order chi connectivity index (χ1) is 12.9. The number of hydrogen-bond donors (Lipinski definition) is 4. The minimum atomic E-state index is -1.13. The second-order valence-corrected chi connectivity index (χ2v) is 6.31. The number of benzene rings is 2. The van der Waals surface area contributed by atoms with Crippen molar-refractivity contribution in [2.24, 2.45) is 16.6 Å². The van der Waals surface area contributed by atoms with Gasteiger partial charge in [-0.05, 0) is 23.1 Å². The molecule has 2 aromatic carbocycles. The number of ketones is 1. The van der Waals surface area contributed by atoms with Crippen LogP contribution in [0.25, 0.3) is 5.70 Å². The number of carbonyl (C=O) groups is 3. The second-order valence-electron chi connectivity index (χ2n) is 5.67. The quantitative estimate of drug-likeness (QED) is 0.300. The molecule has 2 rings (SSSR count). The normalized spacial score (nSPS) is 12.6. The maximum Gasteiger partial charge on any atom is 0.287 e. The van der Waals surface area contributed by atoms with Gasteiger partial charge in [0.15, 0.2) is 0 Å². The number of amides is 2. The molecule has 0 aromatic heterocycles. The number of nitrogens with two attached hydrogens (primary N) is 3. The third-order valence-electron chi connectivity index (χ3n) is 3.80. The number of Topliss-reactive ketones (excluding diaryl/α,β-unsaturated/α-hetero) is 1. The maximum atomic E-state index is 12.7. The van der Waals surface area contributed by atoms with E-state index in [9.17, 15) is 14.4 Å². The van der Waals surface area contributed by atoms with Gasteiger partial charge in [0.05, 0.1) is 5.70 Å². The Hall–Kier alpha value is -3.10. The zero-order valence-electron chi connectivity index (χ0n) is 14.4. The lowest BCUT2D eigenvalue weighted by Gasteiger charge is -2.18. The van der Waals surface area contributed by atoms with Crippen LogP contribution >= 0.6 is 11.9 Å². The van der Waals surface area contributed by atoms with Gasteiger partial charge in [-0.1, -0.05) is 60.7 Å². The van der Waals surface area contributed by atoms with Gasteiger partial charge in [0, 0.05) is 6.42 Å². The third-order valence-corrected chi connectivity index (χ3v) is 4.44. The van der Waals surface area contributed by atoms with Crippen LogP contribution in [0, 0.1) is 0 Å². The Kier molecular flexibility index (Phi) is 7.16. The summed E-state index contributed by atoms with van der Waals surface area (Å²) in [4.78, 5) is 36.2. The van der Waals surface area contributed by atoms with Gasteiger partial charge < -0.3 is 16.8 Å². The van der Waals surface area contributed by atoms with Crippen LogP contribution in [0.3, 0.4) is 0 Å². The number of hydrogen-bond acceptors (Lipinski definition) is 6. The summed E-state index contributed by atoms with van der Waals surface area (Å²) in [5.74, 6) is -2.68. The molecule has 0 heterocycles. The lowest BCUT2D eigenvalue weighted by Crippen LogP contribution is -2.47. The highest BCUT2D eigenvalue weighted by Gasteiger charge is 2.27. The van der Waals surface area contributed by atoms with Crippen molar-refractivity contribution in [2.45, 2.75) is 12.5 Å². The molecule has 7 nitrogen and oxygen atoms in total. The molecule has 0 aliphatic heterocycles. The highest BCUT2D eigenvalue weighted by Crippen LogP contribution is 2.20. The predicted octanol–water partition coefficient (Wildman–Crippen LogP) is 0.703. The molecule has 0 aliphatic rings. The van der Waals surface area contributed by atoms with Gasteiger partial charge in [0.1, 0.15) is 10.9 Å². The van der Waals surface area contributed by atoms with Gasteiger partial charge in [0.25, 0.3) is 11.8 Å². The van der Waals surface area contributed by atoms with Crippen LogP contribution < -0.4 is 21.9 Å². The lowest BCUT2D eigenvalue weighted by atomic mass is 10.0. The molecule has 0 radical (unpaired) electrons. The first kappa shape index (κ1) is 20.2. The maximum absolute atomic E-state index is 12.7. The van der Waals surface area contributed by atoms with E-state index in [1.807, 2.05) is 12.1 Å². The van der Waals surface area contributed by atoms with E-state index in [0.29, 0.717) is 17.5 Å². The van der Waals surface area contributed by atoms with Crippen molar-refractivity contribution >= 4 is 35.2 Å². The molecule has 27 heavy (non-hydrogen) atoms. The molecule has 7 N–H and O–H groups in total. The van der Waals surface area contributed by atoms with E-state index in [4.69, 9.17) is 16.6 Å². The molecule has 0 saturated heterocycles. The van der Waals surface area contributed by atoms with Gasteiger partial charge in [-0.2, -0.15) is 0 Å². The predicted molar refractivity (Wildman–Crippen MR) is 106 cm³/mol. The van der Waals surface area contributed by atoms with E-state index < -0.39 is 23.6 Å². The van der Waals surface area contributed by atoms with Crippen LogP contribution in [0.1, 0.15) is 11.1 Å². The summed E-state index contributed by atoms with van der Waals surface area (Å²) in [7, 11) is 0. The molecular weight excluding hydrogens is 364 g/mol. The molecule has 2 amide bonds. The summed E-state index contributed by atoms with van der Waals surface area (Å²) in [5, 5.41) is 8.14. The smallest absolute Gasteiger partial charge is 0.287 e. The summed E-state index contributed by atoms with van der Waals surface area (Å²) < 4.78 is 0. The number of primary amides is 1. The van der Waals surface area contributed by atoms with Crippen LogP contribution in [0.15, 0.2) is 65.6 Å². The van der Waals surface area contributed by atoms with Gasteiger partial charge in [-0.15, -0.1) is 0 Å². The zero-order valence-corrected chi connectivity index (χ0v) is 15.2. The minimum absolute atomic E-state index is 0.0385. The van der Waals surface area contributed by atoms with E-state index in [2.05, 4.69) is 5.32 Å². The zero-order chi connectivity index (χ0) is 19.8. The summed E-state index contributed by atoms with van der Waals surface area (Å²) in [5.41, 5.74) is 12.7. The Labute approximate surface area is 161 Å². The molecular formula is C19H20N4O3S. The van der Waals surface area contributed by atoms with E-state index in [1.165, 1.54) is 0 Å². The largest absolute Gasteiger partial charge is 0.397 e. The van der Waals surface area contributed by atoms with Crippen molar-refractivity contribution in [3.05, 3.63) is 76.7 Å². The van der Waals surface area contributed by atoms with Crippen LogP contribution in [0.2, 0.25) is 0 Å². The molecule has 140 valence electrons. The average molecular weight is 384 g/mol. The fourth-order valence-corrected chi connectivity index (χ4v) is 2.85. The molecule has 0 saturated carbocycles. The molecule has 0 fully saturated rings. The van der Waals surface area contributed by atoms with Gasteiger partial charge in [-0.3, -0.25) is 19.5 Å². The molecule has 0 spiro atoms. The molecule has 1 atom stereocenters. The van der Waals surface area contributed by atoms with Crippen molar-refractivity contribution in [1.82, 2.24) is 5.32 Å². The summed E-state index contributed by atoms with van der Waals surface area (Å²) in [6.45, 7) is 0. The number of carbonyl (C=O) groups excluding carboxylic acids is 3. The topological polar surface area (TPSA) is 141 Å². The van der Waals surface area contributed by atoms with E-state index in [0.717, 1.165) is 5.56 Å². The Bertz CT molecular complexity index is 854. The Balaban J connectivity index is 2.28. The number of rotatable bonds is 8. The summed E-state index contributed by atoms with van der Waals surface area (Å²) >= 11 is 0.664. The standard InChI is InChI=1S/C19H20N4O3S/c20-15(13-9-5-2-6-10-13)17(27-22)19(26)23-14(16(24)18(21)25)11-12-7-3-1-4-8-12/h1-10,14H,11,20,22H2,(H2,21,25)(H,23,26)/b17-15-. The molecule has 0 aliphatic carbocycles. The average Bonchev–Trinajstić information content (AvgIpc) is 2.68.